The Morgan fingerprint density at radius 3 is 2.19 bits per heavy atom. The maximum absolute atomic E-state index is 13.4. The lowest BCUT2D eigenvalue weighted by atomic mass is 10.1. The highest BCUT2D eigenvalue weighted by molar-refractivity contribution is 7.92. The molecule has 0 bridgehead atoms. The fourth-order valence-electron chi connectivity index (χ4n) is 3.20. The van der Waals surface area contributed by atoms with Crippen LogP contribution in [0.2, 0.25) is 10.0 Å². The van der Waals surface area contributed by atoms with Gasteiger partial charge in [0.05, 0.1) is 11.9 Å². The van der Waals surface area contributed by atoms with Gasteiger partial charge in [0.2, 0.25) is 21.8 Å². The number of rotatable bonds is 9. The predicted octanol–water partition coefficient (Wildman–Crippen LogP) is 3.62. The van der Waals surface area contributed by atoms with E-state index in [4.69, 9.17) is 23.2 Å². The lowest BCUT2D eigenvalue weighted by Gasteiger charge is -2.32. The van der Waals surface area contributed by atoms with E-state index < -0.39 is 28.5 Å². The molecule has 2 aromatic rings. The largest absolute Gasteiger partial charge is 0.355 e. The summed E-state index contributed by atoms with van der Waals surface area (Å²) in [7, 11) is -3.78. The molecule has 2 rings (SSSR count). The number of amides is 2. The van der Waals surface area contributed by atoms with Crippen LogP contribution in [0.15, 0.2) is 42.5 Å². The molecule has 0 aromatic heterocycles. The van der Waals surface area contributed by atoms with E-state index in [1.165, 1.54) is 4.90 Å². The highest BCUT2D eigenvalue weighted by Gasteiger charge is 2.31. The molecule has 0 heterocycles. The van der Waals surface area contributed by atoms with Crippen LogP contribution in [0.4, 0.5) is 5.69 Å². The number of para-hydroxylation sites is 1. The van der Waals surface area contributed by atoms with Crippen molar-refractivity contribution in [2.75, 3.05) is 23.7 Å². The molecule has 174 valence electrons. The highest BCUT2D eigenvalue weighted by Crippen LogP contribution is 2.27. The molecule has 2 aromatic carbocycles. The van der Waals surface area contributed by atoms with Crippen LogP contribution >= 0.6 is 23.2 Å². The molecule has 0 fully saturated rings. The van der Waals surface area contributed by atoms with Crippen LogP contribution in [0.1, 0.15) is 25.0 Å². The molecule has 0 saturated heterocycles. The number of hydrogen-bond acceptors (Lipinski definition) is 4. The van der Waals surface area contributed by atoms with Gasteiger partial charge in [0.25, 0.3) is 0 Å². The molecule has 0 spiro atoms. The minimum Gasteiger partial charge on any atom is -0.355 e. The molecule has 7 nitrogen and oxygen atoms in total. The minimum absolute atomic E-state index is 0.0545. The number of nitrogens with zero attached hydrogens (tertiary/aromatic N) is 2. The molecule has 2 amide bonds. The summed E-state index contributed by atoms with van der Waals surface area (Å²) >= 11 is 12.6. The van der Waals surface area contributed by atoms with E-state index in [1.807, 2.05) is 0 Å². The standard InChI is InChI=1S/C22H27Cl2N3O4S/c1-5-25-22(29)16(3)26(13-17-18(23)10-8-11-19(17)24)21(28)14-27(32(4,30)31)20-12-7-6-9-15(20)2/h6-12,16H,5,13-14H2,1-4H3,(H,25,29). The van der Waals surface area contributed by atoms with E-state index in [0.29, 0.717) is 33.4 Å². The van der Waals surface area contributed by atoms with Gasteiger partial charge in [-0.3, -0.25) is 13.9 Å². The van der Waals surface area contributed by atoms with E-state index >= 15 is 0 Å². The first-order valence-electron chi connectivity index (χ1n) is 10.0. The second-order valence-electron chi connectivity index (χ2n) is 7.35. The second kappa shape index (κ2) is 11.0. The van der Waals surface area contributed by atoms with Gasteiger partial charge in [-0.05, 0) is 44.5 Å². The average Bonchev–Trinajstić information content (AvgIpc) is 2.71. The SMILES string of the molecule is CCNC(=O)C(C)N(Cc1c(Cl)cccc1Cl)C(=O)CN(c1ccccc1C)S(C)(=O)=O. The van der Waals surface area contributed by atoms with E-state index in [0.717, 1.165) is 10.6 Å². The molecular formula is C22H27Cl2N3O4S. The topological polar surface area (TPSA) is 86.8 Å². The number of carbonyl (C=O) groups is 2. The fraction of sp³-hybridized carbons (Fsp3) is 0.364. The van der Waals surface area contributed by atoms with Gasteiger partial charge in [-0.1, -0.05) is 47.5 Å². The van der Waals surface area contributed by atoms with Crippen molar-refractivity contribution in [3.05, 3.63) is 63.6 Å². The van der Waals surface area contributed by atoms with Crippen LogP contribution in [-0.2, 0) is 26.2 Å². The first-order chi connectivity index (χ1) is 15.0. The Morgan fingerprint density at radius 2 is 1.66 bits per heavy atom. The molecule has 32 heavy (non-hydrogen) atoms. The van der Waals surface area contributed by atoms with Crippen molar-refractivity contribution >= 4 is 50.7 Å². The number of carbonyl (C=O) groups excluding carboxylic acids is 2. The predicted molar refractivity (Wildman–Crippen MR) is 129 cm³/mol. The van der Waals surface area contributed by atoms with Crippen molar-refractivity contribution in [3.8, 4) is 0 Å². The number of hydrogen-bond donors (Lipinski definition) is 1. The third kappa shape index (κ3) is 6.37. The number of nitrogens with one attached hydrogen (secondary N) is 1. The summed E-state index contributed by atoms with van der Waals surface area (Å²) in [5, 5.41) is 3.38. The van der Waals surface area contributed by atoms with Crippen molar-refractivity contribution < 1.29 is 18.0 Å². The van der Waals surface area contributed by atoms with E-state index in [-0.39, 0.29) is 12.5 Å². The first-order valence-corrected chi connectivity index (χ1v) is 12.6. The molecule has 0 radical (unpaired) electrons. The summed E-state index contributed by atoms with van der Waals surface area (Å²) < 4.78 is 26.1. The summed E-state index contributed by atoms with van der Waals surface area (Å²) in [4.78, 5) is 27.3. The molecule has 1 unspecified atom stereocenters. The zero-order chi connectivity index (χ0) is 24.1. The first kappa shape index (κ1) is 26.0. The lowest BCUT2D eigenvalue weighted by molar-refractivity contribution is -0.139. The summed E-state index contributed by atoms with van der Waals surface area (Å²) in [6.45, 7) is 4.96. The van der Waals surface area contributed by atoms with Gasteiger partial charge in [0, 0.05) is 28.7 Å². The Bertz CT molecular complexity index is 1070. The number of benzene rings is 2. The average molecular weight is 500 g/mol. The van der Waals surface area contributed by atoms with Gasteiger partial charge in [-0.15, -0.1) is 0 Å². The Hall–Kier alpha value is -2.29. The maximum Gasteiger partial charge on any atom is 0.244 e. The van der Waals surface area contributed by atoms with Crippen molar-refractivity contribution in [2.45, 2.75) is 33.4 Å². The Morgan fingerprint density at radius 1 is 1.06 bits per heavy atom. The molecule has 1 atom stereocenters. The van der Waals surface area contributed by atoms with Crippen molar-refractivity contribution in [1.82, 2.24) is 10.2 Å². The smallest absolute Gasteiger partial charge is 0.244 e. The van der Waals surface area contributed by atoms with Gasteiger partial charge in [0.1, 0.15) is 12.6 Å². The van der Waals surface area contributed by atoms with Gasteiger partial charge in [-0.25, -0.2) is 8.42 Å². The Kier molecular flexibility index (Phi) is 8.95. The van der Waals surface area contributed by atoms with Crippen LogP contribution in [0.5, 0.6) is 0 Å². The summed E-state index contributed by atoms with van der Waals surface area (Å²) in [6, 6.07) is 10.9. The quantitative estimate of drug-likeness (QED) is 0.570. The van der Waals surface area contributed by atoms with Crippen molar-refractivity contribution in [1.29, 1.82) is 0 Å². The lowest BCUT2D eigenvalue weighted by Crippen LogP contribution is -2.51. The van der Waals surface area contributed by atoms with E-state index in [9.17, 15) is 18.0 Å². The Labute approximate surface area is 199 Å². The van der Waals surface area contributed by atoms with Crippen LogP contribution in [0.25, 0.3) is 0 Å². The number of anilines is 1. The van der Waals surface area contributed by atoms with Crippen LogP contribution in [-0.4, -0.2) is 50.5 Å². The third-order valence-corrected chi connectivity index (χ3v) is 6.81. The van der Waals surface area contributed by atoms with Crippen molar-refractivity contribution in [3.63, 3.8) is 0 Å². The van der Waals surface area contributed by atoms with Gasteiger partial charge < -0.3 is 10.2 Å². The van der Waals surface area contributed by atoms with E-state index in [1.54, 1.807) is 63.2 Å². The molecule has 0 aliphatic carbocycles. The van der Waals surface area contributed by atoms with Crippen molar-refractivity contribution in [2.24, 2.45) is 0 Å². The normalized spacial score (nSPS) is 12.2. The van der Waals surface area contributed by atoms with Gasteiger partial charge in [0.15, 0.2) is 0 Å². The Balaban J connectivity index is 2.46. The maximum atomic E-state index is 13.4. The second-order valence-corrected chi connectivity index (χ2v) is 10.1. The third-order valence-electron chi connectivity index (χ3n) is 4.97. The zero-order valence-corrected chi connectivity index (χ0v) is 20.8. The van der Waals surface area contributed by atoms with Crippen LogP contribution in [0.3, 0.4) is 0 Å². The van der Waals surface area contributed by atoms with E-state index in [2.05, 4.69) is 5.32 Å². The van der Waals surface area contributed by atoms with Gasteiger partial charge >= 0.3 is 0 Å². The zero-order valence-electron chi connectivity index (χ0n) is 18.4. The molecule has 0 aliphatic heterocycles. The molecule has 0 saturated carbocycles. The summed E-state index contributed by atoms with van der Waals surface area (Å²) in [5.74, 6) is -0.931. The van der Waals surface area contributed by atoms with Crippen LogP contribution in [0, 0.1) is 6.92 Å². The van der Waals surface area contributed by atoms with Gasteiger partial charge in [-0.2, -0.15) is 0 Å². The molecule has 10 heteroatoms. The number of sulfonamides is 1. The monoisotopic (exact) mass is 499 g/mol. The molecular weight excluding hydrogens is 473 g/mol. The number of aryl methyl sites for hydroxylation is 1. The molecule has 1 N–H and O–H groups in total. The fourth-order valence-corrected chi connectivity index (χ4v) is 4.62. The highest BCUT2D eigenvalue weighted by atomic mass is 35.5. The number of halogens is 2. The number of likely N-dealkylation sites (N-methyl/N-ethyl adjacent to an activating group) is 1. The molecule has 0 aliphatic rings. The summed E-state index contributed by atoms with van der Waals surface area (Å²) in [5.41, 5.74) is 1.56. The summed E-state index contributed by atoms with van der Waals surface area (Å²) in [6.07, 6.45) is 1.04. The van der Waals surface area contributed by atoms with Crippen LogP contribution < -0.4 is 9.62 Å². The minimum atomic E-state index is -3.78.